The minimum absolute atomic E-state index is 0.351. The van der Waals surface area contributed by atoms with Gasteiger partial charge in [-0.15, -0.1) is 0 Å². The van der Waals surface area contributed by atoms with Crippen LogP contribution in [0.2, 0.25) is 0 Å². The molecule has 22 heavy (non-hydrogen) atoms. The Morgan fingerprint density at radius 1 is 1.14 bits per heavy atom. The van der Waals surface area contributed by atoms with Crippen LogP contribution in [0.15, 0.2) is 12.4 Å². The van der Waals surface area contributed by atoms with Crippen molar-refractivity contribution in [2.24, 2.45) is 11.8 Å². The van der Waals surface area contributed by atoms with E-state index in [0.717, 1.165) is 44.5 Å². The fraction of sp³-hybridized carbons (Fsp3) is 0.706. The first-order valence-electron chi connectivity index (χ1n) is 8.55. The summed E-state index contributed by atoms with van der Waals surface area (Å²) in [6.45, 7) is 1.76. The van der Waals surface area contributed by atoms with Gasteiger partial charge < -0.3 is 10.6 Å². The van der Waals surface area contributed by atoms with Crippen LogP contribution in [-0.2, 0) is 11.2 Å². The second-order valence-electron chi connectivity index (χ2n) is 6.80. The van der Waals surface area contributed by atoms with E-state index in [-0.39, 0.29) is 0 Å². The second-order valence-corrected chi connectivity index (χ2v) is 6.80. The maximum atomic E-state index is 12.5. The number of hydrogen-bond acceptors (Lipinski definition) is 4. The normalized spacial score (nSPS) is 22.9. The lowest BCUT2D eigenvalue weighted by atomic mass is 9.92. The Balaban J connectivity index is 1.54. The molecule has 2 aliphatic rings. The molecule has 1 atom stereocenters. The fourth-order valence-electron chi connectivity index (χ4n) is 3.86. The van der Waals surface area contributed by atoms with E-state index in [0.29, 0.717) is 23.6 Å². The molecule has 1 aliphatic heterocycles. The van der Waals surface area contributed by atoms with Gasteiger partial charge in [0.25, 0.3) is 0 Å². The highest BCUT2D eigenvalue weighted by molar-refractivity contribution is 5.76. The Bertz CT molecular complexity index is 513. The van der Waals surface area contributed by atoms with Crippen LogP contribution in [0, 0.1) is 11.8 Å². The molecule has 1 aromatic rings. The van der Waals surface area contributed by atoms with Gasteiger partial charge in [-0.2, -0.15) is 0 Å². The smallest absolute Gasteiger partial charge is 0.222 e. The molecule has 0 radical (unpaired) electrons. The summed E-state index contributed by atoms with van der Waals surface area (Å²) in [5.74, 6) is 1.96. The van der Waals surface area contributed by atoms with Crippen LogP contribution in [0.4, 0.5) is 5.82 Å². The van der Waals surface area contributed by atoms with Gasteiger partial charge in [0, 0.05) is 31.9 Å². The molecule has 2 N–H and O–H groups in total. The lowest BCUT2D eigenvalue weighted by molar-refractivity contribution is -0.134. The Morgan fingerprint density at radius 2 is 1.86 bits per heavy atom. The summed E-state index contributed by atoms with van der Waals surface area (Å²) in [6, 6.07) is 0. The number of hydrogen-bond donors (Lipinski definition) is 1. The summed E-state index contributed by atoms with van der Waals surface area (Å²) in [6.07, 6.45) is 12.2. The van der Waals surface area contributed by atoms with Crippen molar-refractivity contribution >= 4 is 11.7 Å². The van der Waals surface area contributed by atoms with Gasteiger partial charge >= 0.3 is 0 Å². The largest absolute Gasteiger partial charge is 0.382 e. The first kappa shape index (κ1) is 15.3. The average molecular weight is 302 g/mol. The van der Waals surface area contributed by atoms with Crippen LogP contribution in [0.3, 0.4) is 0 Å². The number of carbonyl (C=O) groups excluding carboxylic acids is 1. The first-order valence-corrected chi connectivity index (χ1v) is 8.55. The minimum Gasteiger partial charge on any atom is -0.382 e. The molecular weight excluding hydrogens is 276 g/mol. The molecule has 1 saturated heterocycles. The molecule has 0 bridgehead atoms. The maximum Gasteiger partial charge on any atom is 0.222 e. The van der Waals surface area contributed by atoms with E-state index in [2.05, 4.69) is 14.9 Å². The number of rotatable bonds is 4. The minimum atomic E-state index is 0.351. The number of amides is 1. The Hall–Kier alpha value is -1.65. The van der Waals surface area contributed by atoms with Gasteiger partial charge in [0.2, 0.25) is 5.91 Å². The number of aromatic nitrogens is 2. The number of nitrogen functional groups attached to an aromatic ring is 1. The predicted octanol–water partition coefficient (Wildman–Crippen LogP) is 2.42. The Morgan fingerprint density at radius 3 is 2.64 bits per heavy atom. The maximum absolute atomic E-state index is 12.5. The number of carbonyl (C=O) groups is 1. The van der Waals surface area contributed by atoms with E-state index in [4.69, 9.17) is 5.73 Å². The monoisotopic (exact) mass is 302 g/mol. The van der Waals surface area contributed by atoms with Gasteiger partial charge in [-0.05, 0) is 43.9 Å². The fourth-order valence-corrected chi connectivity index (χ4v) is 3.86. The van der Waals surface area contributed by atoms with Crippen molar-refractivity contribution in [2.75, 3.05) is 18.8 Å². The third-order valence-corrected chi connectivity index (χ3v) is 5.10. The van der Waals surface area contributed by atoms with Gasteiger partial charge in [-0.3, -0.25) is 9.78 Å². The van der Waals surface area contributed by atoms with E-state index in [1.807, 2.05) is 0 Å². The topological polar surface area (TPSA) is 72.1 Å². The Labute approximate surface area is 132 Å². The molecule has 5 nitrogen and oxygen atoms in total. The van der Waals surface area contributed by atoms with Crippen molar-refractivity contribution in [3.05, 3.63) is 18.1 Å². The second kappa shape index (κ2) is 7.07. The molecule has 3 rings (SSSR count). The van der Waals surface area contributed by atoms with Crippen LogP contribution in [0.5, 0.6) is 0 Å². The van der Waals surface area contributed by atoms with Gasteiger partial charge in [0.05, 0.1) is 5.69 Å². The van der Waals surface area contributed by atoms with Crippen LogP contribution < -0.4 is 5.73 Å². The zero-order chi connectivity index (χ0) is 15.4. The number of nitrogens with zero attached hydrogens (tertiary/aromatic N) is 3. The summed E-state index contributed by atoms with van der Waals surface area (Å²) >= 11 is 0. The SMILES string of the molecule is Nc1nccnc1C[C@H]1CCCN(C(=O)CC2CCCC2)C1. The van der Waals surface area contributed by atoms with Gasteiger partial charge in [0.1, 0.15) is 5.82 Å². The van der Waals surface area contributed by atoms with Crippen LogP contribution in [0.25, 0.3) is 0 Å². The number of nitrogens with two attached hydrogens (primary N) is 1. The highest BCUT2D eigenvalue weighted by atomic mass is 16.2. The van der Waals surface area contributed by atoms with Crippen molar-refractivity contribution in [2.45, 2.75) is 51.4 Å². The highest BCUT2D eigenvalue weighted by Gasteiger charge is 2.27. The number of likely N-dealkylation sites (tertiary alicyclic amines) is 1. The van der Waals surface area contributed by atoms with E-state index < -0.39 is 0 Å². The lowest BCUT2D eigenvalue weighted by Crippen LogP contribution is -2.41. The van der Waals surface area contributed by atoms with Crippen molar-refractivity contribution in [3.63, 3.8) is 0 Å². The highest BCUT2D eigenvalue weighted by Crippen LogP contribution is 2.29. The van der Waals surface area contributed by atoms with Crippen LogP contribution in [-0.4, -0.2) is 33.9 Å². The standard InChI is InChI=1S/C17H26N4O/c18-17-15(19-7-8-20-17)10-14-6-3-9-21(12-14)16(22)11-13-4-1-2-5-13/h7-8,13-14H,1-6,9-12H2,(H2,18,20)/t14-/m1/s1. The van der Waals surface area contributed by atoms with E-state index >= 15 is 0 Å². The van der Waals surface area contributed by atoms with Gasteiger partial charge in [0.15, 0.2) is 0 Å². The molecule has 1 saturated carbocycles. The molecule has 5 heteroatoms. The molecule has 1 amide bonds. The molecule has 0 spiro atoms. The molecule has 2 fully saturated rings. The van der Waals surface area contributed by atoms with Crippen molar-refractivity contribution in [1.29, 1.82) is 0 Å². The third-order valence-electron chi connectivity index (χ3n) is 5.10. The zero-order valence-corrected chi connectivity index (χ0v) is 13.2. The summed E-state index contributed by atoms with van der Waals surface area (Å²) in [7, 11) is 0. The summed E-state index contributed by atoms with van der Waals surface area (Å²) in [5, 5.41) is 0. The van der Waals surface area contributed by atoms with Gasteiger partial charge in [-0.1, -0.05) is 12.8 Å². The molecule has 120 valence electrons. The van der Waals surface area contributed by atoms with E-state index in [1.54, 1.807) is 12.4 Å². The predicted molar refractivity (Wildman–Crippen MR) is 86.0 cm³/mol. The summed E-state index contributed by atoms with van der Waals surface area (Å²) in [5.41, 5.74) is 6.76. The summed E-state index contributed by atoms with van der Waals surface area (Å²) < 4.78 is 0. The van der Waals surface area contributed by atoms with E-state index in [9.17, 15) is 4.79 Å². The molecule has 0 aromatic carbocycles. The summed E-state index contributed by atoms with van der Waals surface area (Å²) in [4.78, 5) is 23.0. The van der Waals surface area contributed by atoms with Gasteiger partial charge in [-0.25, -0.2) is 4.98 Å². The van der Waals surface area contributed by atoms with Crippen molar-refractivity contribution in [1.82, 2.24) is 14.9 Å². The Kier molecular flexibility index (Phi) is 4.90. The van der Waals surface area contributed by atoms with E-state index in [1.165, 1.54) is 25.7 Å². The molecule has 2 heterocycles. The molecular formula is C17H26N4O. The molecule has 1 aliphatic carbocycles. The first-order chi connectivity index (χ1) is 10.7. The van der Waals surface area contributed by atoms with Crippen molar-refractivity contribution < 1.29 is 4.79 Å². The zero-order valence-electron chi connectivity index (χ0n) is 13.2. The average Bonchev–Trinajstić information content (AvgIpc) is 3.03. The molecule has 0 unspecified atom stereocenters. The number of piperidine rings is 1. The number of anilines is 1. The quantitative estimate of drug-likeness (QED) is 0.927. The van der Waals surface area contributed by atoms with Crippen LogP contribution >= 0.6 is 0 Å². The molecule has 1 aromatic heterocycles. The third kappa shape index (κ3) is 3.76. The lowest BCUT2D eigenvalue weighted by Gasteiger charge is -2.33. The van der Waals surface area contributed by atoms with Crippen LogP contribution in [0.1, 0.15) is 50.6 Å². The van der Waals surface area contributed by atoms with Crippen molar-refractivity contribution in [3.8, 4) is 0 Å².